The van der Waals surface area contributed by atoms with Gasteiger partial charge in [0, 0.05) is 20.0 Å². The number of hydrogen-bond donors (Lipinski definition) is 2. The number of hydrogen-bond acceptors (Lipinski definition) is 3. The lowest BCUT2D eigenvalue weighted by atomic mass is 10.1. The molecular weight excluding hydrogens is 210 g/mol. The largest absolute Gasteiger partial charge is 0.481 e. The van der Waals surface area contributed by atoms with E-state index in [2.05, 4.69) is 5.32 Å². The Kier molecular flexibility index (Phi) is 7.54. The van der Waals surface area contributed by atoms with Gasteiger partial charge >= 0.3 is 5.97 Å². The first kappa shape index (κ1) is 14.9. The molecule has 0 fully saturated rings. The number of carboxylic acid groups (broad SMARTS) is 1. The lowest BCUT2D eigenvalue weighted by Crippen LogP contribution is -2.40. The molecule has 0 radical (unpaired) electrons. The fourth-order valence-corrected chi connectivity index (χ4v) is 1.21. The molecule has 0 heterocycles. The average Bonchev–Trinajstić information content (AvgIpc) is 2.22. The Morgan fingerprint density at radius 1 is 1.25 bits per heavy atom. The maximum Gasteiger partial charge on any atom is 0.303 e. The molecule has 5 nitrogen and oxygen atoms in total. The molecule has 5 heteroatoms. The van der Waals surface area contributed by atoms with Gasteiger partial charge in [0.15, 0.2) is 0 Å². The number of ether oxygens (including phenoxy) is 1. The summed E-state index contributed by atoms with van der Waals surface area (Å²) in [5, 5.41) is 11.2. The Hall–Kier alpha value is -1.10. The van der Waals surface area contributed by atoms with Crippen molar-refractivity contribution in [3.05, 3.63) is 0 Å². The zero-order chi connectivity index (χ0) is 12.6. The second-order valence-corrected chi connectivity index (χ2v) is 3.90. The van der Waals surface area contributed by atoms with Gasteiger partial charge in [-0.2, -0.15) is 0 Å². The van der Waals surface area contributed by atoms with Gasteiger partial charge in [0.05, 0.1) is 12.1 Å². The third-order valence-corrected chi connectivity index (χ3v) is 2.51. The summed E-state index contributed by atoms with van der Waals surface area (Å²) in [6.45, 7) is 3.76. The average molecular weight is 231 g/mol. The van der Waals surface area contributed by atoms with Gasteiger partial charge in [-0.25, -0.2) is 0 Å². The Balaban J connectivity index is 3.62. The molecule has 0 aromatic heterocycles. The highest BCUT2D eigenvalue weighted by Crippen LogP contribution is 2.01. The zero-order valence-electron chi connectivity index (χ0n) is 10.2. The number of amides is 1. The number of nitrogens with one attached hydrogen (secondary N) is 1. The van der Waals surface area contributed by atoms with Crippen LogP contribution in [0.3, 0.4) is 0 Å². The molecule has 0 aromatic carbocycles. The van der Waals surface area contributed by atoms with E-state index in [1.807, 2.05) is 13.8 Å². The van der Waals surface area contributed by atoms with Gasteiger partial charge in [-0.1, -0.05) is 0 Å². The molecule has 0 bridgehead atoms. The molecule has 2 N–H and O–H groups in total. The topological polar surface area (TPSA) is 75.6 Å². The predicted octanol–water partition coefficient (Wildman–Crippen LogP) is 1.17. The molecule has 94 valence electrons. The molecule has 16 heavy (non-hydrogen) atoms. The highest BCUT2D eigenvalue weighted by Gasteiger charge is 2.13. The van der Waals surface area contributed by atoms with E-state index >= 15 is 0 Å². The van der Waals surface area contributed by atoms with Crippen LogP contribution in [0.4, 0.5) is 0 Å². The van der Waals surface area contributed by atoms with Crippen LogP contribution in [-0.2, 0) is 14.3 Å². The molecule has 0 aromatic rings. The van der Waals surface area contributed by atoms with E-state index in [4.69, 9.17) is 9.84 Å². The van der Waals surface area contributed by atoms with Crippen molar-refractivity contribution in [1.82, 2.24) is 5.32 Å². The molecule has 0 saturated carbocycles. The van der Waals surface area contributed by atoms with E-state index < -0.39 is 5.97 Å². The minimum atomic E-state index is -0.818. The quantitative estimate of drug-likeness (QED) is 0.615. The van der Waals surface area contributed by atoms with Crippen molar-refractivity contribution >= 4 is 11.9 Å². The van der Waals surface area contributed by atoms with Gasteiger partial charge in [-0.3, -0.25) is 9.59 Å². The third-order valence-electron chi connectivity index (χ3n) is 2.51. The van der Waals surface area contributed by atoms with Gasteiger partial charge in [-0.05, 0) is 26.7 Å². The molecule has 0 aliphatic rings. The first-order chi connectivity index (χ1) is 7.47. The highest BCUT2D eigenvalue weighted by molar-refractivity contribution is 5.76. The first-order valence-electron chi connectivity index (χ1n) is 5.51. The Labute approximate surface area is 96.2 Å². The van der Waals surface area contributed by atoms with Crippen LogP contribution in [0.25, 0.3) is 0 Å². The van der Waals surface area contributed by atoms with Gasteiger partial charge in [0.25, 0.3) is 0 Å². The van der Waals surface area contributed by atoms with E-state index in [1.165, 1.54) is 0 Å². The van der Waals surface area contributed by atoms with Crippen LogP contribution >= 0.6 is 0 Å². The minimum Gasteiger partial charge on any atom is -0.481 e. The number of carbonyl (C=O) groups is 2. The van der Waals surface area contributed by atoms with Gasteiger partial charge in [-0.15, -0.1) is 0 Å². The molecule has 1 amide bonds. The van der Waals surface area contributed by atoms with Crippen molar-refractivity contribution in [2.45, 2.75) is 51.7 Å². The van der Waals surface area contributed by atoms with E-state index in [0.717, 1.165) is 0 Å². The van der Waals surface area contributed by atoms with Gasteiger partial charge in [0.2, 0.25) is 5.91 Å². The number of carboxylic acids is 1. The van der Waals surface area contributed by atoms with E-state index in [1.54, 1.807) is 7.11 Å². The summed E-state index contributed by atoms with van der Waals surface area (Å²) in [5.41, 5.74) is 0. The number of methoxy groups -OCH3 is 1. The zero-order valence-corrected chi connectivity index (χ0v) is 10.2. The van der Waals surface area contributed by atoms with E-state index in [9.17, 15) is 9.59 Å². The Morgan fingerprint density at radius 3 is 2.31 bits per heavy atom. The number of rotatable bonds is 8. The molecule has 0 rings (SSSR count). The second-order valence-electron chi connectivity index (χ2n) is 3.90. The van der Waals surface area contributed by atoms with Crippen LogP contribution in [0.5, 0.6) is 0 Å². The van der Waals surface area contributed by atoms with Gasteiger partial charge in [0.1, 0.15) is 0 Å². The molecule has 2 atom stereocenters. The summed E-state index contributed by atoms with van der Waals surface area (Å²) >= 11 is 0. The Morgan fingerprint density at radius 2 is 1.81 bits per heavy atom. The molecular formula is C11H21NO4. The lowest BCUT2D eigenvalue weighted by Gasteiger charge is -2.19. The number of unbranched alkanes of at least 4 members (excludes halogenated alkanes) is 1. The van der Waals surface area contributed by atoms with Crippen LogP contribution in [0.1, 0.15) is 39.5 Å². The number of aliphatic carboxylic acids is 1. The monoisotopic (exact) mass is 231 g/mol. The highest BCUT2D eigenvalue weighted by atomic mass is 16.5. The summed E-state index contributed by atoms with van der Waals surface area (Å²) in [5.74, 6) is -0.872. The van der Waals surface area contributed by atoms with Crippen LogP contribution in [-0.4, -0.2) is 36.2 Å². The fraction of sp³-hybridized carbons (Fsp3) is 0.818. The second kappa shape index (κ2) is 8.10. The minimum absolute atomic E-state index is 0.0250. The van der Waals surface area contributed by atoms with Crippen molar-refractivity contribution in [3.8, 4) is 0 Å². The van der Waals surface area contributed by atoms with Crippen LogP contribution in [0.2, 0.25) is 0 Å². The molecule has 0 saturated heterocycles. The lowest BCUT2D eigenvalue weighted by molar-refractivity contribution is -0.137. The van der Waals surface area contributed by atoms with Crippen molar-refractivity contribution in [2.75, 3.05) is 7.11 Å². The summed E-state index contributed by atoms with van der Waals surface area (Å²) < 4.78 is 5.08. The maximum atomic E-state index is 11.4. The molecule has 1 unspecified atom stereocenters. The molecule has 0 aliphatic heterocycles. The first-order valence-corrected chi connectivity index (χ1v) is 5.51. The van der Waals surface area contributed by atoms with Crippen molar-refractivity contribution in [3.63, 3.8) is 0 Å². The summed E-state index contributed by atoms with van der Waals surface area (Å²) in [6, 6.07) is -0.0306. The number of carbonyl (C=O) groups excluding carboxylic acids is 1. The standard InChI is InChI=1S/C11H21NO4/c1-8(9(2)16-3)12-10(13)6-4-5-7-11(14)15/h8-9H,4-7H2,1-3H3,(H,12,13)(H,14,15)/t8-,9?/m0/s1. The summed E-state index contributed by atoms with van der Waals surface area (Å²) in [4.78, 5) is 21.6. The van der Waals surface area contributed by atoms with Gasteiger partial charge < -0.3 is 15.2 Å². The van der Waals surface area contributed by atoms with Crippen molar-refractivity contribution in [2.24, 2.45) is 0 Å². The maximum absolute atomic E-state index is 11.4. The third kappa shape index (κ3) is 7.23. The van der Waals surface area contributed by atoms with Crippen molar-refractivity contribution in [1.29, 1.82) is 0 Å². The normalized spacial score (nSPS) is 14.2. The Bertz CT molecular complexity index is 230. The fourth-order valence-electron chi connectivity index (χ4n) is 1.21. The summed E-state index contributed by atoms with van der Waals surface area (Å²) in [7, 11) is 1.60. The predicted molar refractivity (Wildman–Crippen MR) is 60.2 cm³/mol. The summed E-state index contributed by atoms with van der Waals surface area (Å²) in [6.07, 6.45) is 1.61. The SMILES string of the molecule is COC(C)[C@H](C)NC(=O)CCCCC(=O)O. The smallest absolute Gasteiger partial charge is 0.303 e. The van der Waals surface area contributed by atoms with Crippen LogP contribution < -0.4 is 5.32 Å². The van der Waals surface area contributed by atoms with Crippen LogP contribution in [0.15, 0.2) is 0 Å². The van der Waals surface area contributed by atoms with Crippen molar-refractivity contribution < 1.29 is 19.4 Å². The van der Waals surface area contributed by atoms with E-state index in [0.29, 0.717) is 19.3 Å². The molecule has 0 spiro atoms. The van der Waals surface area contributed by atoms with E-state index in [-0.39, 0.29) is 24.5 Å². The molecule has 0 aliphatic carbocycles. The van der Waals surface area contributed by atoms with Crippen LogP contribution in [0, 0.1) is 0 Å².